The number of rotatable bonds is 5. The molecule has 0 unspecified atom stereocenters. The van der Waals surface area contributed by atoms with Crippen LogP contribution in [0.4, 0.5) is 5.69 Å². The molecule has 0 bridgehead atoms. The van der Waals surface area contributed by atoms with Crippen molar-refractivity contribution in [3.63, 3.8) is 0 Å². The van der Waals surface area contributed by atoms with Gasteiger partial charge in [0.25, 0.3) is 0 Å². The molecule has 0 radical (unpaired) electrons. The van der Waals surface area contributed by atoms with Crippen LogP contribution in [0.3, 0.4) is 0 Å². The summed E-state index contributed by atoms with van der Waals surface area (Å²) >= 11 is 12.2. The maximum atomic E-state index is 6.19. The highest BCUT2D eigenvalue weighted by atomic mass is 35.5. The zero-order valence-electron chi connectivity index (χ0n) is 14.1. The minimum Gasteiger partial charge on any atom is -0.418 e. The van der Waals surface area contributed by atoms with E-state index in [0.717, 1.165) is 16.8 Å². The van der Waals surface area contributed by atoms with E-state index in [1.54, 1.807) is 0 Å². The third-order valence-corrected chi connectivity index (χ3v) is 4.53. The summed E-state index contributed by atoms with van der Waals surface area (Å²) in [6.07, 6.45) is 0. The normalized spacial score (nSPS) is 11.9. The van der Waals surface area contributed by atoms with Crippen LogP contribution in [0.5, 0.6) is 0 Å². The molecule has 1 heterocycles. The Morgan fingerprint density at radius 2 is 1.56 bits per heavy atom. The number of hydrogen-bond acceptors (Lipinski definition) is 4. The lowest BCUT2D eigenvalue weighted by Gasteiger charge is -2.17. The zero-order chi connectivity index (χ0) is 18.6. The molecule has 27 heavy (non-hydrogen) atoms. The summed E-state index contributed by atoms with van der Waals surface area (Å²) in [5.41, 5.74) is 2.66. The Morgan fingerprint density at radius 1 is 0.778 bits per heavy atom. The van der Waals surface area contributed by atoms with Crippen molar-refractivity contribution < 1.29 is 4.42 Å². The lowest BCUT2D eigenvalue weighted by Crippen LogP contribution is -2.13. The van der Waals surface area contributed by atoms with Gasteiger partial charge in [-0.25, -0.2) is 0 Å². The number of nitrogens with zero attached hydrogens (tertiary/aromatic N) is 2. The topological polar surface area (TPSA) is 51.0 Å². The molecule has 0 aliphatic rings. The van der Waals surface area contributed by atoms with Crippen molar-refractivity contribution in [3.8, 4) is 11.5 Å². The Labute approximate surface area is 166 Å². The molecule has 1 atom stereocenters. The summed E-state index contributed by atoms with van der Waals surface area (Å²) < 4.78 is 5.97. The van der Waals surface area contributed by atoms with Crippen LogP contribution in [0.2, 0.25) is 10.0 Å². The van der Waals surface area contributed by atoms with Crippen LogP contribution in [0.25, 0.3) is 11.5 Å². The quantitative estimate of drug-likeness (QED) is 0.434. The smallest absolute Gasteiger partial charge is 0.247 e. The van der Waals surface area contributed by atoms with E-state index in [1.807, 2.05) is 78.9 Å². The van der Waals surface area contributed by atoms with Gasteiger partial charge in [-0.2, -0.15) is 0 Å². The summed E-state index contributed by atoms with van der Waals surface area (Å²) in [4.78, 5) is 0. The van der Waals surface area contributed by atoms with Gasteiger partial charge in [-0.05, 0) is 54.1 Å². The van der Waals surface area contributed by atoms with E-state index in [9.17, 15) is 0 Å². The van der Waals surface area contributed by atoms with E-state index in [0.29, 0.717) is 21.8 Å². The number of nitrogens with one attached hydrogen (secondary N) is 1. The first kappa shape index (κ1) is 17.6. The van der Waals surface area contributed by atoms with E-state index in [1.165, 1.54) is 0 Å². The van der Waals surface area contributed by atoms with E-state index in [4.69, 9.17) is 27.6 Å². The van der Waals surface area contributed by atoms with Gasteiger partial charge in [0.15, 0.2) is 0 Å². The number of hydrogen-bond donors (Lipinski definition) is 1. The van der Waals surface area contributed by atoms with E-state index in [-0.39, 0.29) is 6.04 Å². The fourth-order valence-electron chi connectivity index (χ4n) is 2.74. The third kappa shape index (κ3) is 4.13. The first-order chi connectivity index (χ1) is 13.2. The lowest BCUT2D eigenvalue weighted by atomic mass is 10.1. The molecule has 0 fully saturated rings. The molecule has 4 nitrogen and oxygen atoms in total. The molecule has 3 aromatic carbocycles. The zero-order valence-corrected chi connectivity index (χ0v) is 15.7. The molecule has 0 saturated heterocycles. The van der Waals surface area contributed by atoms with Crippen LogP contribution in [0, 0.1) is 0 Å². The summed E-state index contributed by atoms with van der Waals surface area (Å²) in [5.74, 6) is 0.918. The van der Waals surface area contributed by atoms with Gasteiger partial charge in [0.05, 0.1) is 0 Å². The molecule has 134 valence electrons. The number of anilines is 1. The molecular weight excluding hydrogens is 381 g/mol. The van der Waals surface area contributed by atoms with Gasteiger partial charge in [-0.1, -0.05) is 53.5 Å². The molecule has 0 amide bonds. The fraction of sp³-hybridized carbons (Fsp3) is 0.0476. The van der Waals surface area contributed by atoms with Gasteiger partial charge >= 0.3 is 0 Å². The van der Waals surface area contributed by atoms with Crippen molar-refractivity contribution in [3.05, 3.63) is 100 Å². The highest BCUT2D eigenvalue weighted by Gasteiger charge is 2.22. The van der Waals surface area contributed by atoms with Gasteiger partial charge in [-0.3, -0.25) is 0 Å². The number of benzene rings is 3. The molecule has 1 aromatic heterocycles. The first-order valence-corrected chi connectivity index (χ1v) is 9.11. The van der Waals surface area contributed by atoms with Crippen LogP contribution < -0.4 is 5.32 Å². The summed E-state index contributed by atoms with van der Waals surface area (Å²) in [7, 11) is 0. The van der Waals surface area contributed by atoms with E-state index < -0.39 is 0 Å². The highest BCUT2D eigenvalue weighted by molar-refractivity contribution is 6.30. The SMILES string of the molecule is Clc1ccc(N[C@@H](c2cccc(Cl)c2)c2nnc(-c3ccccc3)o2)cc1. The van der Waals surface area contributed by atoms with Gasteiger partial charge in [0.1, 0.15) is 6.04 Å². The van der Waals surface area contributed by atoms with Crippen molar-refractivity contribution >= 4 is 28.9 Å². The Bertz CT molecular complexity index is 1030. The van der Waals surface area contributed by atoms with Crippen molar-refractivity contribution in [2.45, 2.75) is 6.04 Å². The Kier molecular flexibility index (Phi) is 5.10. The lowest BCUT2D eigenvalue weighted by molar-refractivity contribution is 0.494. The first-order valence-electron chi connectivity index (χ1n) is 8.35. The standard InChI is InChI=1S/C21H15Cl2N3O/c22-16-9-11-18(12-10-16)24-19(15-7-4-8-17(23)13-15)21-26-25-20(27-21)14-5-2-1-3-6-14/h1-13,19,24H/t19-/m0/s1. The van der Waals surface area contributed by atoms with Crippen LogP contribution in [-0.4, -0.2) is 10.2 Å². The van der Waals surface area contributed by atoms with Crippen molar-refractivity contribution in [2.75, 3.05) is 5.32 Å². The van der Waals surface area contributed by atoms with Crippen LogP contribution >= 0.6 is 23.2 Å². The monoisotopic (exact) mass is 395 g/mol. The second kappa shape index (κ2) is 7.82. The van der Waals surface area contributed by atoms with Crippen LogP contribution in [-0.2, 0) is 0 Å². The Balaban J connectivity index is 1.71. The minimum atomic E-state index is -0.352. The molecule has 0 spiro atoms. The van der Waals surface area contributed by atoms with Gasteiger partial charge in [0.2, 0.25) is 11.8 Å². The summed E-state index contributed by atoms with van der Waals surface area (Å²) in [6.45, 7) is 0. The Morgan fingerprint density at radius 3 is 2.30 bits per heavy atom. The predicted octanol–water partition coefficient (Wildman–Crippen LogP) is 6.24. The molecule has 4 aromatic rings. The second-order valence-corrected chi connectivity index (χ2v) is 6.82. The maximum Gasteiger partial charge on any atom is 0.247 e. The molecule has 1 N–H and O–H groups in total. The van der Waals surface area contributed by atoms with E-state index in [2.05, 4.69) is 15.5 Å². The number of aromatic nitrogens is 2. The van der Waals surface area contributed by atoms with Crippen LogP contribution in [0.15, 0.2) is 83.3 Å². The molecule has 0 saturated carbocycles. The molecule has 6 heteroatoms. The molecule has 0 aliphatic carbocycles. The largest absolute Gasteiger partial charge is 0.418 e. The average molecular weight is 396 g/mol. The second-order valence-electron chi connectivity index (χ2n) is 5.95. The van der Waals surface area contributed by atoms with Gasteiger partial charge in [-0.15, -0.1) is 10.2 Å². The maximum absolute atomic E-state index is 6.19. The average Bonchev–Trinajstić information content (AvgIpc) is 3.18. The van der Waals surface area contributed by atoms with Crippen molar-refractivity contribution in [1.29, 1.82) is 0 Å². The molecule has 4 rings (SSSR count). The summed E-state index contributed by atoms with van der Waals surface area (Å²) in [6, 6.07) is 24.3. The Hall–Kier alpha value is -2.82. The predicted molar refractivity (Wildman–Crippen MR) is 108 cm³/mol. The van der Waals surface area contributed by atoms with Crippen molar-refractivity contribution in [1.82, 2.24) is 10.2 Å². The fourth-order valence-corrected chi connectivity index (χ4v) is 3.06. The summed E-state index contributed by atoms with van der Waals surface area (Å²) in [5, 5.41) is 13.2. The third-order valence-electron chi connectivity index (χ3n) is 4.05. The van der Waals surface area contributed by atoms with Crippen LogP contribution in [0.1, 0.15) is 17.5 Å². The molecular formula is C21H15Cl2N3O. The molecule has 0 aliphatic heterocycles. The number of halogens is 2. The highest BCUT2D eigenvalue weighted by Crippen LogP contribution is 2.30. The van der Waals surface area contributed by atoms with Gasteiger partial charge < -0.3 is 9.73 Å². The minimum absolute atomic E-state index is 0.352. The van der Waals surface area contributed by atoms with E-state index >= 15 is 0 Å². The van der Waals surface area contributed by atoms with Crippen molar-refractivity contribution in [2.24, 2.45) is 0 Å². The van der Waals surface area contributed by atoms with Gasteiger partial charge in [0, 0.05) is 21.3 Å².